The maximum Gasteiger partial charge on any atom is 0.336 e. The molecule has 17 heavy (non-hydrogen) atoms. The molecule has 0 amide bonds. The monoisotopic (exact) mass is 294 g/mol. The molecule has 0 aliphatic carbocycles. The Hall–Kier alpha value is -2.11. The number of benzene rings is 1. The molecule has 2 aromatic rings. The zero-order valence-electron chi connectivity index (χ0n) is 8.46. The number of nitrogens with zero attached hydrogens (tertiary/aromatic N) is 3. The molecule has 0 aliphatic heterocycles. The fourth-order valence-electron chi connectivity index (χ4n) is 1.33. The van der Waals surface area contributed by atoms with Crippen LogP contribution in [0.1, 0.15) is 10.4 Å². The van der Waals surface area contributed by atoms with Crippen LogP contribution >= 0.6 is 15.9 Å². The molecule has 0 fully saturated rings. The molecule has 0 aliphatic rings. The summed E-state index contributed by atoms with van der Waals surface area (Å²) in [5.41, 5.74) is 13.2. The predicted molar refractivity (Wildman–Crippen MR) is 65.8 cm³/mol. The average Bonchev–Trinajstić information content (AvgIpc) is 2.30. The maximum absolute atomic E-state index is 10.9. The summed E-state index contributed by atoms with van der Waals surface area (Å²) in [5.74, 6) is -0.935. The minimum absolute atomic E-state index is 0.274. The Morgan fingerprint density at radius 1 is 1.47 bits per heavy atom. The molecule has 0 saturated carbocycles. The number of para-hydroxylation sites is 1. The van der Waals surface area contributed by atoms with Crippen LogP contribution in [0.2, 0.25) is 0 Å². The lowest BCUT2D eigenvalue weighted by Gasteiger charge is -2.02. The second-order valence-electron chi connectivity index (χ2n) is 2.90. The third-order valence-electron chi connectivity index (χ3n) is 1.95. The highest BCUT2D eigenvalue weighted by molar-refractivity contribution is 9.10. The first-order valence-electron chi connectivity index (χ1n) is 4.39. The zero-order valence-corrected chi connectivity index (χ0v) is 10.0. The molecule has 1 heterocycles. The number of pyridine rings is 1. The minimum Gasteiger partial charge on any atom is -0.478 e. The Morgan fingerprint density at radius 3 is 2.71 bits per heavy atom. The normalized spacial score (nSPS) is 9.00. The van der Waals surface area contributed by atoms with Gasteiger partial charge in [0.15, 0.2) is 0 Å². The highest BCUT2D eigenvalue weighted by Crippen LogP contribution is 2.23. The zero-order chi connectivity index (χ0) is 12.8. The van der Waals surface area contributed by atoms with E-state index >= 15 is 0 Å². The van der Waals surface area contributed by atoms with E-state index < -0.39 is 5.97 Å². The van der Waals surface area contributed by atoms with Gasteiger partial charge in [0.25, 0.3) is 0 Å². The molecule has 2 rings (SSSR count). The second kappa shape index (κ2) is 5.83. The van der Waals surface area contributed by atoms with Gasteiger partial charge in [-0.3, -0.25) is 4.98 Å². The number of carbonyl (C=O) groups is 1. The van der Waals surface area contributed by atoms with Gasteiger partial charge in [0.05, 0.1) is 11.1 Å². The van der Waals surface area contributed by atoms with Gasteiger partial charge >= 0.3 is 5.97 Å². The van der Waals surface area contributed by atoms with Gasteiger partial charge in [-0.15, -0.1) is 5.53 Å². The second-order valence-corrected chi connectivity index (χ2v) is 3.75. The van der Waals surface area contributed by atoms with E-state index in [1.165, 1.54) is 12.3 Å². The lowest BCUT2D eigenvalue weighted by Crippen LogP contribution is -1.98. The predicted octanol–water partition coefficient (Wildman–Crippen LogP) is 3.57. The van der Waals surface area contributed by atoms with Gasteiger partial charge in [0.1, 0.15) is 0 Å². The first kappa shape index (κ1) is 13.0. The van der Waals surface area contributed by atoms with Crippen LogP contribution in [0.4, 0.5) is 0 Å². The number of fused-ring (bicyclic) bond motifs is 1. The van der Waals surface area contributed by atoms with Crippen molar-refractivity contribution in [2.24, 2.45) is 0 Å². The fourth-order valence-corrected chi connectivity index (χ4v) is 1.80. The van der Waals surface area contributed by atoms with Gasteiger partial charge in [-0.25, -0.2) is 4.79 Å². The molecule has 1 aromatic carbocycles. The molecular weight excluding hydrogens is 288 g/mol. The molecule has 7 heteroatoms. The molecule has 0 unspecified atom stereocenters. The number of aromatic carboxylic acids is 1. The van der Waals surface area contributed by atoms with Crippen molar-refractivity contribution in [1.82, 2.24) is 4.98 Å². The van der Waals surface area contributed by atoms with Crippen LogP contribution in [-0.2, 0) is 0 Å². The smallest absolute Gasteiger partial charge is 0.336 e. The van der Waals surface area contributed by atoms with Crippen LogP contribution in [0, 0.1) is 5.53 Å². The molecule has 1 aromatic heterocycles. The van der Waals surface area contributed by atoms with Crippen LogP contribution in [0.15, 0.2) is 34.9 Å². The van der Waals surface area contributed by atoms with Crippen molar-refractivity contribution in [3.05, 3.63) is 50.9 Å². The van der Waals surface area contributed by atoms with Crippen LogP contribution in [0.5, 0.6) is 0 Å². The van der Waals surface area contributed by atoms with Crippen LogP contribution in [0.25, 0.3) is 21.3 Å². The van der Waals surface area contributed by atoms with E-state index in [4.69, 9.17) is 16.2 Å². The molecule has 0 atom stereocenters. The van der Waals surface area contributed by atoms with Crippen molar-refractivity contribution in [1.29, 1.82) is 5.53 Å². The highest BCUT2D eigenvalue weighted by atomic mass is 79.9. The minimum atomic E-state index is -0.935. The van der Waals surface area contributed by atoms with E-state index in [1.807, 2.05) is 6.07 Å². The van der Waals surface area contributed by atoms with E-state index in [0.717, 1.165) is 4.47 Å². The maximum atomic E-state index is 10.9. The average molecular weight is 295 g/mol. The lowest BCUT2D eigenvalue weighted by atomic mass is 10.1. The molecule has 0 spiro atoms. The fraction of sp³-hybridized carbons (Fsp3) is 0. The van der Waals surface area contributed by atoms with E-state index in [1.54, 1.807) is 17.0 Å². The highest BCUT2D eigenvalue weighted by Gasteiger charge is 2.09. The van der Waals surface area contributed by atoms with Crippen molar-refractivity contribution >= 4 is 32.8 Å². The van der Waals surface area contributed by atoms with Crippen molar-refractivity contribution in [2.45, 2.75) is 0 Å². The van der Waals surface area contributed by atoms with Crippen molar-refractivity contribution in [3.63, 3.8) is 0 Å². The first-order valence-corrected chi connectivity index (χ1v) is 5.18. The Kier molecular flexibility index (Phi) is 4.45. The van der Waals surface area contributed by atoms with Gasteiger partial charge in [-0.05, 0) is 38.5 Å². The summed E-state index contributed by atoms with van der Waals surface area (Å²) in [6.07, 6.45) is 1.50. The van der Waals surface area contributed by atoms with Crippen molar-refractivity contribution < 1.29 is 9.90 Å². The van der Waals surface area contributed by atoms with Gasteiger partial charge in [-0.1, -0.05) is 12.1 Å². The molecule has 6 nitrogen and oxygen atoms in total. The SMILES string of the molecule is O=C(O)c1ccnc2c(Br)cccc12.[N-]=[N+]=N. The number of aromatic nitrogens is 1. The topological polar surface area (TPSA) is 110 Å². The quantitative estimate of drug-likeness (QED) is 0.476. The Bertz CT molecular complexity index is 594. The van der Waals surface area contributed by atoms with Gasteiger partial charge in [0, 0.05) is 16.1 Å². The summed E-state index contributed by atoms with van der Waals surface area (Å²) in [4.78, 5) is 16.7. The van der Waals surface area contributed by atoms with Crippen LogP contribution in [-0.4, -0.2) is 16.1 Å². The molecule has 86 valence electrons. The number of carboxylic acids is 1. The lowest BCUT2D eigenvalue weighted by molar-refractivity contribution is 0.0699. The van der Waals surface area contributed by atoms with Gasteiger partial charge in [-0.2, -0.15) is 0 Å². The first-order chi connectivity index (χ1) is 8.11. The molecule has 0 bridgehead atoms. The Labute approximate surface area is 104 Å². The third kappa shape index (κ3) is 2.93. The molecule has 0 saturated heterocycles. The Balaban J connectivity index is 0.000000437. The largest absolute Gasteiger partial charge is 0.478 e. The van der Waals surface area contributed by atoms with E-state index in [0.29, 0.717) is 10.9 Å². The number of halogens is 1. The van der Waals surface area contributed by atoms with E-state index in [2.05, 4.69) is 20.9 Å². The summed E-state index contributed by atoms with van der Waals surface area (Å²) >= 11 is 3.32. The van der Waals surface area contributed by atoms with E-state index in [-0.39, 0.29) is 5.56 Å². The number of rotatable bonds is 1. The summed E-state index contributed by atoms with van der Waals surface area (Å²) in [6, 6.07) is 6.87. The number of hydrogen-bond donors (Lipinski definition) is 2. The summed E-state index contributed by atoms with van der Waals surface area (Å²) in [6.45, 7) is 0. The standard InChI is InChI=1S/C10H6BrNO2.HN3/c11-8-3-1-2-6-7(10(13)14)4-5-12-9(6)8;1-3-2/h1-5H,(H,13,14);1H. The number of carboxylic acid groups (broad SMARTS) is 1. The van der Waals surface area contributed by atoms with Crippen LogP contribution in [0.3, 0.4) is 0 Å². The Morgan fingerprint density at radius 2 is 2.12 bits per heavy atom. The molecule has 0 radical (unpaired) electrons. The number of hydrogen-bond acceptors (Lipinski definition) is 3. The number of nitrogens with one attached hydrogen (secondary N) is 1. The third-order valence-corrected chi connectivity index (χ3v) is 2.59. The summed E-state index contributed by atoms with van der Waals surface area (Å²) in [5, 5.41) is 9.58. The van der Waals surface area contributed by atoms with Crippen LogP contribution < -0.4 is 0 Å². The van der Waals surface area contributed by atoms with E-state index in [9.17, 15) is 4.79 Å². The van der Waals surface area contributed by atoms with Gasteiger partial charge in [0.2, 0.25) is 0 Å². The van der Waals surface area contributed by atoms with Gasteiger partial charge < -0.3 is 5.11 Å². The molecular formula is C10H7BrN4O2. The van der Waals surface area contributed by atoms with Crippen molar-refractivity contribution in [2.75, 3.05) is 0 Å². The molecule has 2 N–H and O–H groups in total. The summed E-state index contributed by atoms with van der Waals surface area (Å²) in [7, 11) is 0. The summed E-state index contributed by atoms with van der Waals surface area (Å²) < 4.78 is 0.804. The van der Waals surface area contributed by atoms with Crippen molar-refractivity contribution in [3.8, 4) is 0 Å².